The van der Waals surface area contributed by atoms with Crippen LogP contribution in [0.4, 0.5) is 5.69 Å². The third kappa shape index (κ3) is 4.80. The lowest BCUT2D eigenvalue weighted by Crippen LogP contribution is -2.50. The molecule has 0 radical (unpaired) electrons. The molecule has 2 fully saturated rings. The standard InChI is InChI=1S/C21H26N4O5S/c1-13-11-17(23-21(27)19-12-20(30-24-19)15-3-4-15)9-10-25(13)31(28,29)18-7-5-16(6-8-18)22-14(2)26/h5-8,12-13,15,17H,3-4,9-11H2,1-2H3,(H,22,26)(H,23,27)/t13-,17-/m0/s1. The van der Waals surface area contributed by atoms with Gasteiger partial charge in [-0.05, 0) is 56.9 Å². The minimum Gasteiger partial charge on any atom is -0.360 e. The number of aromatic nitrogens is 1. The average Bonchev–Trinajstić information content (AvgIpc) is 3.44. The second kappa shape index (κ2) is 8.43. The van der Waals surface area contributed by atoms with Crippen molar-refractivity contribution in [1.29, 1.82) is 0 Å². The number of carbonyl (C=O) groups is 2. The molecule has 2 heterocycles. The van der Waals surface area contributed by atoms with Crippen LogP contribution in [0.25, 0.3) is 0 Å². The van der Waals surface area contributed by atoms with Crippen molar-refractivity contribution in [2.45, 2.75) is 62.4 Å². The molecule has 1 saturated heterocycles. The highest BCUT2D eigenvalue weighted by atomic mass is 32.2. The summed E-state index contributed by atoms with van der Waals surface area (Å²) in [5.41, 5.74) is 0.808. The molecule has 1 aliphatic heterocycles. The zero-order chi connectivity index (χ0) is 22.2. The number of piperidine rings is 1. The lowest BCUT2D eigenvalue weighted by molar-refractivity contribution is -0.114. The molecule has 9 nitrogen and oxygen atoms in total. The molecule has 31 heavy (non-hydrogen) atoms. The van der Waals surface area contributed by atoms with E-state index in [4.69, 9.17) is 4.52 Å². The highest BCUT2D eigenvalue weighted by Crippen LogP contribution is 2.40. The van der Waals surface area contributed by atoms with Crippen molar-refractivity contribution in [3.8, 4) is 0 Å². The zero-order valence-corrected chi connectivity index (χ0v) is 18.3. The third-order valence-corrected chi connectivity index (χ3v) is 7.70. The zero-order valence-electron chi connectivity index (χ0n) is 17.5. The number of anilines is 1. The van der Waals surface area contributed by atoms with E-state index in [0.717, 1.165) is 18.6 Å². The molecule has 2 N–H and O–H groups in total. The van der Waals surface area contributed by atoms with E-state index in [1.54, 1.807) is 18.2 Å². The summed E-state index contributed by atoms with van der Waals surface area (Å²) in [7, 11) is -3.68. The first-order valence-corrected chi connectivity index (χ1v) is 11.8. The molecule has 1 aliphatic carbocycles. The van der Waals surface area contributed by atoms with Gasteiger partial charge in [0, 0.05) is 43.2 Å². The van der Waals surface area contributed by atoms with Crippen molar-refractivity contribution >= 4 is 27.5 Å². The van der Waals surface area contributed by atoms with Crippen LogP contribution >= 0.6 is 0 Å². The summed E-state index contributed by atoms with van der Waals surface area (Å²) in [6, 6.07) is 7.39. The van der Waals surface area contributed by atoms with Crippen molar-refractivity contribution in [2.24, 2.45) is 0 Å². The number of benzene rings is 1. The number of amides is 2. The van der Waals surface area contributed by atoms with Crippen molar-refractivity contribution in [1.82, 2.24) is 14.8 Å². The minimum atomic E-state index is -3.68. The van der Waals surface area contributed by atoms with Crippen LogP contribution in [0.15, 0.2) is 39.8 Å². The third-order valence-electron chi connectivity index (χ3n) is 5.67. The first-order chi connectivity index (χ1) is 14.7. The second-order valence-corrected chi connectivity index (χ2v) is 10.1. The number of hydrogen-bond donors (Lipinski definition) is 2. The topological polar surface area (TPSA) is 122 Å². The van der Waals surface area contributed by atoms with E-state index in [1.807, 2.05) is 6.92 Å². The molecule has 2 amide bonds. The molecule has 1 aromatic carbocycles. The molecule has 1 saturated carbocycles. The molecule has 2 aliphatic rings. The van der Waals surface area contributed by atoms with E-state index < -0.39 is 10.0 Å². The Morgan fingerprint density at radius 1 is 1.16 bits per heavy atom. The Morgan fingerprint density at radius 2 is 1.87 bits per heavy atom. The van der Waals surface area contributed by atoms with Gasteiger partial charge in [-0.25, -0.2) is 8.42 Å². The molecule has 0 unspecified atom stereocenters. The molecule has 2 aromatic rings. The van der Waals surface area contributed by atoms with E-state index in [1.165, 1.54) is 23.4 Å². The van der Waals surface area contributed by atoms with Crippen LogP contribution in [-0.4, -0.2) is 48.3 Å². The van der Waals surface area contributed by atoms with Crippen molar-refractivity contribution in [2.75, 3.05) is 11.9 Å². The predicted octanol–water partition coefficient (Wildman–Crippen LogP) is 2.48. The number of sulfonamides is 1. The van der Waals surface area contributed by atoms with Gasteiger partial charge in [0.25, 0.3) is 5.91 Å². The fourth-order valence-corrected chi connectivity index (χ4v) is 5.56. The van der Waals surface area contributed by atoms with E-state index in [0.29, 0.717) is 31.0 Å². The number of carbonyl (C=O) groups excluding carboxylic acids is 2. The Kier molecular flexibility index (Phi) is 5.85. The Morgan fingerprint density at radius 3 is 2.48 bits per heavy atom. The van der Waals surface area contributed by atoms with Gasteiger partial charge in [0.2, 0.25) is 15.9 Å². The van der Waals surface area contributed by atoms with E-state index in [-0.39, 0.29) is 34.5 Å². The van der Waals surface area contributed by atoms with Gasteiger partial charge in [-0.15, -0.1) is 0 Å². The maximum atomic E-state index is 13.1. The normalized spacial score (nSPS) is 22.1. The minimum absolute atomic E-state index is 0.142. The van der Waals surface area contributed by atoms with Gasteiger partial charge in [-0.2, -0.15) is 4.31 Å². The molecule has 2 atom stereocenters. The van der Waals surface area contributed by atoms with Crippen LogP contribution in [-0.2, 0) is 14.8 Å². The first-order valence-electron chi connectivity index (χ1n) is 10.4. The van der Waals surface area contributed by atoms with Gasteiger partial charge >= 0.3 is 0 Å². The first kappa shape index (κ1) is 21.5. The highest BCUT2D eigenvalue weighted by molar-refractivity contribution is 7.89. The highest BCUT2D eigenvalue weighted by Gasteiger charge is 2.35. The quantitative estimate of drug-likeness (QED) is 0.703. The maximum absolute atomic E-state index is 13.1. The fraction of sp³-hybridized carbons (Fsp3) is 0.476. The fourth-order valence-electron chi connectivity index (χ4n) is 3.90. The molecule has 10 heteroatoms. The average molecular weight is 447 g/mol. The molecular formula is C21H26N4O5S. The Labute approximate surface area is 181 Å². The summed E-state index contributed by atoms with van der Waals surface area (Å²) < 4.78 is 32.9. The molecule has 0 bridgehead atoms. The SMILES string of the molecule is CC(=O)Nc1ccc(S(=O)(=O)N2CC[C@H](NC(=O)c3cc(C4CC4)on3)C[C@@H]2C)cc1. The van der Waals surface area contributed by atoms with Crippen LogP contribution in [0.1, 0.15) is 61.7 Å². The monoisotopic (exact) mass is 446 g/mol. The molecular weight excluding hydrogens is 420 g/mol. The summed E-state index contributed by atoms with van der Waals surface area (Å²) in [5, 5.41) is 9.43. The molecule has 166 valence electrons. The van der Waals surface area contributed by atoms with Crippen LogP contribution in [0.5, 0.6) is 0 Å². The molecule has 1 aromatic heterocycles. The second-order valence-electron chi connectivity index (χ2n) is 8.25. The smallest absolute Gasteiger partial charge is 0.273 e. The summed E-state index contributed by atoms with van der Waals surface area (Å²) >= 11 is 0. The lowest BCUT2D eigenvalue weighted by atomic mass is 10.0. The molecule has 0 spiro atoms. The van der Waals surface area contributed by atoms with Crippen LogP contribution < -0.4 is 10.6 Å². The van der Waals surface area contributed by atoms with Crippen LogP contribution in [0.2, 0.25) is 0 Å². The summed E-state index contributed by atoms with van der Waals surface area (Å²) in [4.78, 5) is 23.8. The number of nitrogens with zero attached hydrogens (tertiary/aromatic N) is 2. The Balaban J connectivity index is 1.37. The Bertz CT molecular complexity index is 1080. The van der Waals surface area contributed by atoms with E-state index >= 15 is 0 Å². The number of hydrogen-bond acceptors (Lipinski definition) is 6. The predicted molar refractivity (Wildman–Crippen MR) is 113 cm³/mol. The van der Waals surface area contributed by atoms with Gasteiger partial charge in [0.1, 0.15) is 5.76 Å². The summed E-state index contributed by atoms with van der Waals surface area (Å²) in [6.45, 7) is 3.53. The maximum Gasteiger partial charge on any atom is 0.273 e. The van der Waals surface area contributed by atoms with E-state index in [2.05, 4.69) is 15.8 Å². The lowest BCUT2D eigenvalue weighted by Gasteiger charge is -2.36. The number of nitrogens with one attached hydrogen (secondary N) is 2. The van der Waals surface area contributed by atoms with Gasteiger partial charge in [-0.1, -0.05) is 5.16 Å². The van der Waals surface area contributed by atoms with Gasteiger partial charge < -0.3 is 15.2 Å². The van der Waals surface area contributed by atoms with Crippen LogP contribution in [0, 0.1) is 0 Å². The van der Waals surface area contributed by atoms with Gasteiger partial charge in [0.15, 0.2) is 5.69 Å². The van der Waals surface area contributed by atoms with Crippen LogP contribution in [0.3, 0.4) is 0 Å². The summed E-state index contributed by atoms with van der Waals surface area (Å²) in [5.74, 6) is 0.624. The van der Waals surface area contributed by atoms with Gasteiger partial charge in [0.05, 0.1) is 4.90 Å². The molecule has 4 rings (SSSR count). The van der Waals surface area contributed by atoms with Crippen molar-refractivity contribution in [3.05, 3.63) is 41.8 Å². The largest absolute Gasteiger partial charge is 0.360 e. The van der Waals surface area contributed by atoms with Gasteiger partial charge in [-0.3, -0.25) is 9.59 Å². The Hall–Kier alpha value is -2.72. The van der Waals surface area contributed by atoms with Crippen molar-refractivity contribution < 1.29 is 22.5 Å². The number of rotatable bonds is 6. The van der Waals surface area contributed by atoms with Crippen molar-refractivity contribution in [3.63, 3.8) is 0 Å². The van der Waals surface area contributed by atoms with E-state index in [9.17, 15) is 18.0 Å². The summed E-state index contributed by atoms with van der Waals surface area (Å²) in [6.07, 6.45) is 3.14.